The predicted molar refractivity (Wildman–Crippen MR) is 180 cm³/mol. The van der Waals surface area contributed by atoms with E-state index in [1.807, 2.05) is 13.8 Å². The van der Waals surface area contributed by atoms with Crippen LogP contribution in [0.2, 0.25) is 0 Å². The molecule has 0 bridgehead atoms. The minimum absolute atomic E-state index is 0.169. The lowest BCUT2D eigenvalue weighted by atomic mass is 9.98. The molecule has 50 heavy (non-hydrogen) atoms. The summed E-state index contributed by atoms with van der Waals surface area (Å²) in [5.41, 5.74) is 2.66. The summed E-state index contributed by atoms with van der Waals surface area (Å²) in [6.45, 7) is 13.9. The highest BCUT2D eigenvalue weighted by molar-refractivity contribution is 7.95. The number of ether oxygens (including phenoxy) is 6. The molecule has 0 aromatic heterocycles. The van der Waals surface area contributed by atoms with Crippen molar-refractivity contribution in [3.05, 3.63) is 68.8 Å². The number of benzene rings is 2. The maximum absolute atomic E-state index is 15.0. The van der Waals surface area contributed by atoms with Crippen molar-refractivity contribution in [2.45, 2.75) is 99.9 Å². The van der Waals surface area contributed by atoms with Crippen LogP contribution in [0.4, 0.5) is 0 Å². The van der Waals surface area contributed by atoms with Gasteiger partial charge in [-0.05, 0) is 63.8 Å². The Kier molecular flexibility index (Phi) is 13.4. The van der Waals surface area contributed by atoms with E-state index in [1.165, 1.54) is 0 Å². The minimum Gasteiger partial charge on any atom is -0.463 e. The average molecular weight is 717 g/mol. The fraction of sp³-hybridized carbons (Fsp3) is 0.500. The zero-order valence-corrected chi connectivity index (χ0v) is 31.0. The molecule has 3 rings (SSSR count). The molecule has 13 nitrogen and oxygen atoms in total. The second kappa shape index (κ2) is 16.7. The van der Waals surface area contributed by atoms with Crippen LogP contribution in [0.5, 0.6) is 0 Å². The fourth-order valence-electron chi connectivity index (χ4n) is 6.31. The Hall–Kier alpha value is -4.19. The molecule has 272 valence electrons. The molecule has 0 radical (unpaired) electrons. The van der Waals surface area contributed by atoms with E-state index in [0.717, 1.165) is 38.8 Å². The van der Waals surface area contributed by atoms with E-state index in [0.29, 0.717) is 22.3 Å². The van der Waals surface area contributed by atoms with Gasteiger partial charge in [0.15, 0.2) is 24.6 Å². The third-order valence-corrected chi connectivity index (χ3v) is 10.6. The van der Waals surface area contributed by atoms with Crippen molar-refractivity contribution in [2.24, 2.45) is 0 Å². The van der Waals surface area contributed by atoms with E-state index in [-0.39, 0.29) is 11.1 Å². The third kappa shape index (κ3) is 9.53. The lowest BCUT2D eigenvalue weighted by molar-refractivity contribution is -0.307. The molecular weight excluding hydrogens is 671 g/mol. The highest BCUT2D eigenvalue weighted by Crippen LogP contribution is 2.53. The first-order valence-electron chi connectivity index (χ1n) is 16.0. The third-order valence-electron chi connectivity index (χ3n) is 8.07. The first-order chi connectivity index (χ1) is 23.3. The molecule has 2 aromatic rings. The van der Waals surface area contributed by atoms with Gasteiger partial charge >= 0.3 is 23.9 Å². The van der Waals surface area contributed by atoms with E-state index < -0.39 is 92.1 Å². The van der Waals surface area contributed by atoms with Crippen molar-refractivity contribution in [1.29, 1.82) is 0 Å². The smallest absolute Gasteiger partial charge is 0.303 e. The van der Waals surface area contributed by atoms with Crippen molar-refractivity contribution in [1.82, 2.24) is 0 Å². The molecule has 0 saturated carbocycles. The predicted octanol–water partition coefficient (Wildman–Crippen LogP) is 4.98. The van der Waals surface area contributed by atoms with Gasteiger partial charge in [-0.3, -0.25) is 28.8 Å². The van der Waals surface area contributed by atoms with Gasteiger partial charge < -0.3 is 33.0 Å². The van der Waals surface area contributed by atoms with Crippen LogP contribution in [0.15, 0.2) is 24.3 Å². The van der Waals surface area contributed by atoms with E-state index in [1.54, 1.807) is 52.0 Å². The molecule has 2 aromatic carbocycles. The van der Waals surface area contributed by atoms with E-state index in [2.05, 4.69) is 0 Å². The van der Waals surface area contributed by atoms with Gasteiger partial charge in [-0.25, -0.2) is 0 Å². The largest absolute Gasteiger partial charge is 0.463 e. The maximum atomic E-state index is 15.0. The molecule has 0 N–H and O–H groups in total. The maximum Gasteiger partial charge on any atom is 0.303 e. The monoisotopic (exact) mass is 716 g/mol. The normalized spacial score (nSPS) is 20.4. The van der Waals surface area contributed by atoms with Gasteiger partial charge in [0.25, 0.3) is 0 Å². The van der Waals surface area contributed by atoms with Crippen molar-refractivity contribution >= 4 is 42.1 Å². The van der Waals surface area contributed by atoms with E-state index in [4.69, 9.17) is 28.4 Å². The molecule has 5 atom stereocenters. The van der Waals surface area contributed by atoms with Gasteiger partial charge in [0, 0.05) is 45.0 Å². The number of rotatable bonds is 13. The highest BCUT2D eigenvalue weighted by atomic mass is 31.2. The van der Waals surface area contributed by atoms with Crippen LogP contribution in [0.1, 0.15) is 81.8 Å². The summed E-state index contributed by atoms with van der Waals surface area (Å²) < 4.78 is 48.3. The Labute approximate surface area is 291 Å². The van der Waals surface area contributed by atoms with Gasteiger partial charge in [0.1, 0.15) is 12.7 Å². The molecule has 1 aliphatic heterocycles. The zero-order valence-electron chi connectivity index (χ0n) is 30.1. The van der Waals surface area contributed by atoms with Gasteiger partial charge in [0.2, 0.25) is 18.2 Å². The second-order valence-corrected chi connectivity index (χ2v) is 15.3. The molecule has 0 amide bonds. The van der Waals surface area contributed by atoms with Crippen LogP contribution in [0, 0.1) is 41.5 Å². The van der Waals surface area contributed by atoms with Crippen LogP contribution in [0.3, 0.4) is 0 Å². The molecule has 0 aliphatic carbocycles. The molecule has 1 aliphatic rings. The van der Waals surface area contributed by atoms with Crippen molar-refractivity contribution in [2.75, 3.05) is 19.4 Å². The molecule has 5 unspecified atom stereocenters. The quantitative estimate of drug-likeness (QED) is 0.154. The summed E-state index contributed by atoms with van der Waals surface area (Å²) in [4.78, 5) is 76.8. The summed E-state index contributed by atoms with van der Waals surface area (Å²) in [6, 6.07) is 7.08. The summed E-state index contributed by atoms with van der Waals surface area (Å²) in [7, 11) is -4.50. The van der Waals surface area contributed by atoms with Crippen molar-refractivity contribution < 1.29 is 61.8 Å². The SMILES string of the molecule is CC(=O)OCC1OC(OCCP(=O)(C(=O)c2c(C)cc(C)cc2C)C(=O)c2c(C)cc(C)cc2C)C(OC(C)=O)C(OC(C)=O)C1OC(C)=O. The first kappa shape index (κ1) is 40.2. The van der Waals surface area contributed by atoms with Crippen molar-refractivity contribution in [3.63, 3.8) is 0 Å². The lowest BCUT2D eigenvalue weighted by Gasteiger charge is -2.44. The van der Waals surface area contributed by atoms with Crippen molar-refractivity contribution in [3.8, 4) is 0 Å². The summed E-state index contributed by atoms with van der Waals surface area (Å²) in [6.07, 6.45) is -7.88. The van der Waals surface area contributed by atoms with Gasteiger partial charge in [-0.1, -0.05) is 35.4 Å². The minimum atomic E-state index is -4.50. The number of aryl methyl sites for hydroxylation is 6. The number of carbonyl (C=O) groups excluding carboxylic acids is 6. The van der Waals surface area contributed by atoms with Crippen LogP contribution >= 0.6 is 7.14 Å². The lowest BCUT2D eigenvalue weighted by Crippen LogP contribution is -2.63. The Morgan fingerprint density at radius 1 is 0.620 bits per heavy atom. The number of esters is 4. The number of hydrogen-bond acceptors (Lipinski definition) is 13. The standard InChI is InChI=1S/C36H45O13P/c1-18-13-20(3)29(21(4)14-18)34(41)50(43,35(42)30-22(5)15-19(2)16-23(30)6)12-11-44-36-33(48-27(10)40)32(47-26(9)39)31(46-25(8)38)28(49-36)17-45-24(7)37/h13-16,28,31-33,36H,11-12,17H2,1-10H3. The molecule has 1 heterocycles. The fourth-order valence-corrected chi connectivity index (χ4v) is 8.69. The highest BCUT2D eigenvalue weighted by Gasteiger charge is 2.53. The van der Waals surface area contributed by atoms with Gasteiger partial charge in [0.05, 0.1) is 6.61 Å². The van der Waals surface area contributed by atoms with Crippen LogP contribution < -0.4 is 0 Å². The Balaban J connectivity index is 2.09. The summed E-state index contributed by atoms with van der Waals surface area (Å²) in [5, 5.41) is 0. The molecular formula is C36H45O13P. The Morgan fingerprint density at radius 3 is 1.42 bits per heavy atom. The molecule has 1 fully saturated rings. The van der Waals surface area contributed by atoms with Crippen LogP contribution in [-0.4, -0.2) is 85.0 Å². The topological polar surface area (TPSA) is 175 Å². The molecule has 0 spiro atoms. The van der Waals surface area contributed by atoms with Gasteiger partial charge in [-0.15, -0.1) is 0 Å². The zero-order chi connectivity index (χ0) is 37.7. The molecule has 1 saturated heterocycles. The van der Waals surface area contributed by atoms with Gasteiger partial charge in [-0.2, -0.15) is 0 Å². The first-order valence-corrected chi connectivity index (χ1v) is 17.9. The van der Waals surface area contributed by atoms with E-state index >= 15 is 4.57 Å². The van der Waals surface area contributed by atoms with Crippen LogP contribution in [0.25, 0.3) is 0 Å². The molecule has 14 heteroatoms. The average Bonchev–Trinajstić information content (AvgIpc) is 2.97. The Morgan fingerprint density at radius 2 is 1.02 bits per heavy atom. The van der Waals surface area contributed by atoms with Crippen LogP contribution in [-0.2, 0) is 52.2 Å². The Bertz CT molecular complexity index is 1610. The second-order valence-electron chi connectivity index (χ2n) is 12.6. The summed E-state index contributed by atoms with van der Waals surface area (Å²) in [5.74, 6) is -3.16. The van der Waals surface area contributed by atoms with E-state index in [9.17, 15) is 28.8 Å². The number of hydrogen-bond donors (Lipinski definition) is 0. The number of carbonyl (C=O) groups is 6. The summed E-state index contributed by atoms with van der Waals surface area (Å²) >= 11 is 0.